The van der Waals surface area contributed by atoms with Gasteiger partial charge in [-0.1, -0.05) is 13.0 Å². The van der Waals surface area contributed by atoms with Crippen molar-refractivity contribution in [3.63, 3.8) is 0 Å². The predicted octanol–water partition coefficient (Wildman–Crippen LogP) is 2.58. The van der Waals surface area contributed by atoms with E-state index in [1.165, 1.54) is 0 Å². The second-order valence-corrected chi connectivity index (χ2v) is 5.46. The van der Waals surface area contributed by atoms with Gasteiger partial charge in [0.2, 0.25) is 5.91 Å². The highest BCUT2D eigenvalue weighted by molar-refractivity contribution is 8.00. The Labute approximate surface area is 107 Å². The molecule has 0 aliphatic rings. The molecule has 3 N–H and O–H groups in total. The van der Waals surface area contributed by atoms with Crippen molar-refractivity contribution in [2.75, 3.05) is 12.3 Å². The molecule has 0 aliphatic carbocycles. The van der Waals surface area contributed by atoms with E-state index in [0.29, 0.717) is 0 Å². The Hall–Kier alpha value is -1.16. The molecule has 4 heteroatoms. The molecule has 0 bridgehead atoms. The van der Waals surface area contributed by atoms with Crippen LogP contribution in [0.5, 0.6) is 0 Å². The van der Waals surface area contributed by atoms with Gasteiger partial charge < -0.3 is 11.1 Å². The van der Waals surface area contributed by atoms with E-state index in [0.717, 1.165) is 29.1 Å². The molecule has 0 saturated heterocycles. The second-order valence-electron chi connectivity index (χ2n) is 4.08. The van der Waals surface area contributed by atoms with Crippen molar-refractivity contribution in [3.8, 4) is 0 Å². The van der Waals surface area contributed by atoms with Gasteiger partial charge in [0.25, 0.3) is 0 Å². The molecular formula is C13H20N2OS. The number of thioether (sulfide) groups is 1. The quantitative estimate of drug-likeness (QED) is 0.625. The lowest BCUT2D eigenvalue weighted by molar-refractivity contribution is -0.120. The zero-order chi connectivity index (χ0) is 12.8. The van der Waals surface area contributed by atoms with Crippen LogP contribution in [-0.4, -0.2) is 17.7 Å². The molecule has 0 radical (unpaired) electrons. The van der Waals surface area contributed by atoms with E-state index in [-0.39, 0.29) is 11.2 Å². The third-order valence-electron chi connectivity index (χ3n) is 2.43. The number of nitrogen functional groups attached to an aromatic ring is 1. The van der Waals surface area contributed by atoms with E-state index < -0.39 is 0 Å². The van der Waals surface area contributed by atoms with Crippen molar-refractivity contribution in [2.45, 2.75) is 37.3 Å². The van der Waals surface area contributed by atoms with Crippen molar-refractivity contribution in [1.29, 1.82) is 0 Å². The van der Waals surface area contributed by atoms with Crippen LogP contribution in [0.3, 0.4) is 0 Å². The Morgan fingerprint density at radius 1 is 1.53 bits per heavy atom. The van der Waals surface area contributed by atoms with Crippen LogP contribution >= 0.6 is 11.8 Å². The Morgan fingerprint density at radius 3 is 2.88 bits per heavy atom. The summed E-state index contributed by atoms with van der Waals surface area (Å²) in [7, 11) is 0. The largest absolute Gasteiger partial charge is 0.399 e. The lowest BCUT2D eigenvalue weighted by Crippen LogP contribution is -2.31. The van der Waals surface area contributed by atoms with E-state index >= 15 is 0 Å². The first-order valence-corrected chi connectivity index (χ1v) is 6.73. The van der Waals surface area contributed by atoms with Gasteiger partial charge in [-0.25, -0.2) is 0 Å². The molecule has 0 fully saturated rings. The SMILES string of the molecule is CCCNC(=O)C(C)Sc1cc(N)ccc1C. The van der Waals surface area contributed by atoms with Crippen molar-refractivity contribution >= 4 is 23.4 Å². The summed E-state index contributed by atoms with van der Waals surface area (Å²) in [6.45, 7) is 6.72. The van der Waals surface area contributed by atoms with Gasteiger partial charge in [-0.2, -0.15) is 0 Å². The average molecular weight is 252 g/mol. The summed E-state index contributed by atoms with van der Waals surface area (Å²) in [4.78, 5) is 12.8. The van der Waals surface area contributed by atoms with E-state index in [1.807, 2.05) is 39.0 Å². The van der Waals surface area contributed by atoms with Crippen molar-refractivity contribution < 1.29 is 4.79 Å². The minimum atomic E-state index is -0.0953. The van der Waals surface area contributed by atoms with Crippen molar-refractivity contribution in [3.05, 3.63) is 23.8 Å². The van der Waals surface area contributed by atoms with Crippen molar-refractivity contribution in [1.82, 2.24) is 5.32 Å². The van der Waals surface area contributed by atoms with E-state index in [4.69, 9.17) is 5.73 Å². The van der Waals surface area contributed by atoms with Crippen LogP contribution in [-0.2, 0) is 4.79 Å². The summed E-state index contributed by atoms with van der Waals surface area (Å²) in [5.74, 6) is 0.0821. The number of carbonyl (C=O) groups excluding carboxylic acids is 1. The van der Waals surface area contributed by atoms with E-state index in [1.54, 1.807) is 11.8 Å². The maximum absolute atomic E-state index is 11.7. The fourth-order valence-electron chi connectivity index (χ4n) is 1.38. The summed E-state index contributed by atoms with van der Waals surface area (Å²) < 4.78 is 0. The summed E-state index contributed by atoms with van der Waals surface area (Å²) in [5.41, 5.74) is 7.63. The molecular weight excluding hydrogens is 232 g/mol. The summed E-state index contributed by atoms with van der Waals surface area (Å²) in [6, 6.07) is 5.78. The lowest BCUT2D eigenvalue weighted by atomic mass is 10.2. The molecule has 1 aromatic carbocycles. The normalized spacial score (nSPS) is 12.2. The van der Waals surface area contributed by atoms with Crippen LogP contribution in [0.15, 0.2) is 23.1 Å². The Morgan fingerprint density at radius 2 is 2.24 bits per heavy atom. The molecule has 3 nitrogen and oxygen atoms in total. The summed E-state index contributed by atoms with van der Waals surface area (Å²) >= 11 is 1.55. The van der Waals surface area contributed by atoms with Crippen LogP contribution in [0.1, 0.15) is 25.8 Å². The number of aryl methyl sites for hydroxylation is 1. The molecule has 1 amide bonds. The van der Waals surface area contributed by atoms with Gasteiger partial charge in [0.1, 0.15) is 0 Å². The minimum Gasteiger partial charge on any atom is -0.399 e. The highest BCUT2D eigenvalue weighted by Gasteiger charge is 2.14. The Kier molecular flexibility index (Phi) is 5.35. The second kappa shape index (κ2) is 6.55. The van der Waals surface area contributed by atoms with Crippen molar-refractivity contribution in [2.24, 2.45) is 0 Å². The zero-order valence-corrected chi connectivity index (χ0v) is 11.4. The molecule has 0 saturated carbocycles. The van der Waals surface area contributed by atoms with E-state index in [9.17, 15) is 4.79 Å². The molecule has 0 spiro atoms. The first-order chi connectivity index (χ1) is 8.04. The monoisotopic (exact) mass is 252 g/mol. The van der Waals surface area contributed by atoms with Gasteiger partial charge in [-0.15, -0.1) is 11.8 Å². The molecule has 1 atom stereocenters. The Bertz CT molecular complexity index is 393. The summed E-state index contributed by atoms with van der Waals surface area (Å²) in [6.07, 6.45) is 0.959. The number of hydrogen-bond acceptors (Lipinski definition) is 3. The molecule has 0 aliphatic heterocycles. The number of benzene rings is 1. The number of carbonyl (C=O) groups is 1. The number of nitrogens with two attached hydrogens (primary N) is 1. The average Bonchev–Trinajstić information content (AvgIpc) is 2.30. The Balaban J connectivity index is 2.64. The van der Waals surface area contributed by atoms with Gasteiger partial charge in [0.15, 0.2) is 0 Å². The lowest BCUT2D eigenvalue weighted by Gasteiger charge is -2.13. The number of anilines is 1. The van der Waals surface area contributed by atoms with Crippen LogP contribution in [0.2, 0.25) is 0 Å². The molecule has 1 unspecified atom stereocenters. The first kappa shape index (κ1) is 13.9. The predicted molar refractivity (Wildman–Crippen MR) is 74.2 cm³/mol. The smallest absolute Gasteiger partial charge is 0.233 e. The topological polar surface area (TPSA) is 55.1 Å². The number of hydrogen-bond donors (Lipinski definition) is 2. The van der Waals surface area contributed by atoms with Crippen LogP contribution in [0, 0.1) is 6.92 Å². The fourth-order valence-corrected chi connectivity index (χ4v) is 2.41. The molecule has 1 rings (SSSR count). The maximum atomic E-state index is 11.7. The molecule has 0 aromatic heterocycles. The van der Waals surface area contributed by atoms with Gasteiger partial charge in [0, 0.05) is 17.1 Å². The summed E-state index contributed by atoms with van der Waals surface area (Å²) in [5, 5.41) is 2.80. The third kappa shape index (κ3) is 4.30. The number of nitrogens with one attached hydrogen (secondary N) is 1. The molecule has 94 valence electrons. The minimum absolute atomic E-state index is 0.0821. The highest BCUT2D eigenvalue weighted by atomic mass is 32.2. The van der Waals surface area contributed by atoms with Crippen LogP contribution in [0.4, 0.5) is 5.69 Å². The fraction of sp³-hybridized carbons (Fsp3) is 0.462. The van der Waals surface area contributed by atoms with Gasteiger partial charge >= 0.3 is 0 Å². The highest BCUT2D eigenvalue weighted by Crippen LogP contribution is 2.28. The van der Waals surface area contributed by atoms with E-state index in [2.05, 4.69) is 5.32 Å². The maximum Gasteiger partial charge on any atom is 0.233 e. The van der Waals surface area contributed by atoms with Gasteiger partial charge in [-0.05, 0) is 38.0 Å². The van der Waals surface area contributed by atoms with Crippen LogP contribution < -0.4 is 11.1 Å². The number of rotatable bonds is 5. The van der Waals surface area contributed by atoms with Crippen LogP contribution in [0.25, 0.3) is 0 Å². The molecule has 0 heterocycles. The standard InChI is InChI=1S/C13H20N2OS/c1-4-7-15-13(16)10(3)17-12-8-11(14)6-5-9(12)2/h5-6,8,10H,4,7,14H2,1-3H3,(H,15,16). The van der Waals surface area contributed by atoms with Gasteiger partial charge in [-0.3, -0.25) is 4.79 Å². The molecule has 17 heavy (non-hydrogen) atoms. The zero-order valence-electron chi connectivity index (χ0n) is 10.6. The third-order valence-corrected chi connectivity index (χ3v) is 3.70. The molecule has 1 aromatic rings. The number of amides is 1. The van der Waals surface area contributed by atoms with Gasteiger partial charge in [0.05, 0.1) is 5.25 Å². The first-order valence-electron chi connectivity index (χ1n) is 5.85.